The highest BCUT2D eigenvalue weighted by molar-refractivity contribution is 5.95. The smallest absolute Gasteiger partial charge is 0.454 e. The number of rotatable bonds is 8. The first-order valence-electron chi connectivity index (χ1n) is 9.79. The maximum atomic E-state index is 12.3. The van der Waals surface area contributed by atoms with Crippen molar-refractivity contribution in [3.8, 4) is 0 Å². The summed E-state index contributed by atoms with van der Waals surface area (Å²) in [7, 11) is 0. The van der Waals surface area contributed by atoms with Gasteiger partial charge in [-0.25, -0.2) is 4.79 Å². The highest BCUT2D eigenvalue weighted by Gasteiger charge is 2.37. The summed E-state index contributed by atoms with van der Waals surface area (Å²) in [5.74, 6) is -3.21. The molecular weight excluding hydrogens is 401 g/mol. The van der Waals surface area contributed by atoms with E-state index in [9.17, 15) is 27.6 Å². The van der Waals surface area contributed by atoms with Crippen molar-refractivity contribution in [1.82, 2.24) is 4.90 Å². The summed E-state index contributed by atoms with van der Waals surface area (Å²) in [6.45, 7) is 3.75. The van der Waals surface area contributed by atoms with E-state index in [0.29, 0.717) is 31.1 Å². The van der Waals surface area contributed by atoms with Crippen LogP contribution < -0.4 is 5.32 Å². The number of ketones is 1. The van der Waals surface area contributed by atoms with Crippen LogP contribution in [0.2, 0.25) is 0 Å². The molecule has 0 bridgehead atoms. The lowest BCUT2D eigenvalue weighted by molar-refractivity contribution is -0.165. The van der Waals surface area contributed by atoms with Crippen molar-refractivity contribution in [1.29, 1.82) is 0 Å². The number of alkyl halides is 3. The van der Waals surface area contributed by atoms with Gasteiger partial charge in [-0.05, 0) is 36.8 Å². The number of likely N-dealkylation sites (tertiary alicyclic amines) is 1. The Kier molecular flexibility index (Phi) is 8.02. The van der Waals surface area contributed by atoms with Crippen LogP contribution in [0.5, 0.6) is 0 Å². The van der Waals surface area contributed by atoms with Gasteiger partial charge in [0.1, 0.15) is 6.04 Å². The molecule has 0 radical (unpaired) electrons. The zero-order chi connectivity index (χ0) is 22.3. The van der Waals surface area contributed by atoms with Crippen LogP contribution >= 0.6 is 0 Å². The second-order valence-electron chi connectivity index (χ2n) is 6.89. The summed E-state index contributed by atoms with van der Waals surface area (Å²) in [4.78, 5) is 36.9. The first-order valence-corrected chi connectivity index (χ1v) is 9.79. The molecule has 1 fully saturated rings. The van der Waals surface area contributed by atoms with Gasteiger partial charge in [-0.3, -0.25) is 9.59 Å². The van der Waals surface area contributed by atoms with Crippen molar-refractivity contribution >= 4 is 23.3 Å². The summed E-state index contributed by atoms with van der Waals surface area (Å²) in [6.07, 6.45) is -1.24. The third-order valence-electron chi connectivity index (χ3n) is 4.87. The number of nitrogens with zero attached hydrogens (tertiary/aromatic N) is 1. The molecule has 1 atom stereocenters. The molecule has 1 aliphatic heterocycles. The highest BCUT2D eigenvalue weighted by atomic mass is 19.4. The molecule has 1 N–H and O–H groups in total. The maximum Gasteiger partial charge on any atom is 0.454 e. The van der Waals surface area contributed by atoms with Crippen LogP contribution in [0.1, 0.15) is 37.8 Å². The molecule has 0 aromatic heterocycles. The Labute approximate surface area is 173 Å². The van der Waals surface area contributed by atoms with Gasteiger partial charge in [-0.2, -0.15) is 13.2 Å². The first kappa shape index (κ1) is 23.4. The molecule has 1 heterocycles. The lowest BCUT2D eigenvalue weighted by Gasteiger charge is -2.21. The summed E-state index contributed by atoms with van der Waals surface area (Å²) in [6, 6.07) is 4.90. The SMILES string of the molecule is CCc1cccc(CC)c1NC(=O)COC(=O)C1CCCN1/C=C/C(=O)C(F)(F)F. The number of aryl methyl sites for hydroxylation is 2. The zero-order valence-electron chi connectivity index (χ0n) is 16.9. The molecule has 1 saturated heterocycles. The van der Waals surface area contributed by atoms with Crippen LogP contribution in [0.4, 0.5) is 18.9 Å². The van der Waals surface area contributed by atoms with Crippen molar-refractivity contribution in [2.45, 2.75) is 51.7 Å². The fraction of sp³-hybridized carbons (Fsp3) is 0.476. The van der Waals surface area contributed by atoms with E-state index in [4.69, 9.17) is 4.74 Å². The van der Waals surface area contributed by atoms with Crippen molar-refractivity contribution < 1.29 is 32.3 Å². The monoisotopic (exact) mass is 426 g/mol. The number of hydrogen-bond donors (Lipinski definition) is 1. The number of ether oxygens (including phenoxy) is 1. The number of anilines is 1. The van der Waals surface area contributed by atoms with Crippen molar-refractivity contribution in [2.24, 2.45) is 0 Å². The molecule has 0 spiro atoms. The second-order valence-corrected chi connectivity index (χ2v) is 6.89. The van der Waals surface area contributed by atoms with E-state index >= 15 is 0 Å². The van der Waals surface area contributed by atoms with E-state index in [1.165, 1.54) is 4.90 Å². The molecular formula is C21H25F3N2O4. The van der Waals surface area contributed by atoms with Gasteiger partial charge in [0, 0.05) is 24.5 Å². The number of carbonyl (C=O) groups is 3. The van der Waals surface area contributed by atoms with Crippen molar-refractivity contribution in [3.63, 3.8) is 0 Å². The summed E-state index contributed by atoms with van der Waals surface area (Å²) in [5.41, 5.74) is 2.64. The molecule has 1 unspecified atom stereocenters. The minimum atomic E-state index is -4.96. The molecule has 2 rings (SSSR count). The average molecular weight is 426 g/mol. The van der Waals surface area contributed by atoms with Gasteiger partial charge >= 0.3 is 12.1 Å². The predicted molar refractivity (Wildman–Crippen MR) is 105 cm³/mol. The average Bonchev–Trinajstić information content (AvgIpc) is 3.18. The fourth-order valence-corrected chi connectivity index (χ4v) is 3.29. The number of nitrogens with one attached hydrogen (secondary N) is 1. The first-order chi connectivity index (χ1) is 14.2. The number of para-hydroxylation sites is 1. The zero-order valence-corrected chi connectivity index (χ0v) is 16.9. The Hall–Kier alpha value is -2.84. The topological polar surface area (TPSA) is 75.7 Å². The third kappa shape index (κ3) is 6.08. The quantitative estimate of drug-likeness (QED) is 0.509. The molecule has 164 valence electrons. The van der Waals surface area contributed by atoms with Crippen LogP contribution in [-0.4, -0.2) is 47.9 Å². The Balaban J connectivity index is 1.94. The molecule has 1 amide bonds. The number of halogens is 3. The summed E-state index contributed by atoms with van der Waals surface area (Å²) >= 11 is 0. The van der Waals surface area contributed by atoms with Gasteiger partial charge in [-0.1, -0.05) is 32.0 Å². The van der Waals surface area contributed by atoms with Crippen LogP contribution in [0.25, 0.3) is 0 Å². The molecule has 0 aliphatic carbocycles. The van der Waals surface area contributed by atoms with Crippen molar-refractivity contribution in [2.75, 3.05) is 18.5 Å². The minimum absolute atomic E-state index is 0.317. The number of benzene rings is 1. The van der Waals surface area contributed by atoms with E-state index in [-0.39, 0.29) is 0 Å². The lowest BCUT2D eigenvalue weighted by Crippen LogP contribution is -2.35. The van der Waals surface area contributed by atoms with Gasteiger partial charge < -0.3 is 15.0 Å². The Bertz CT molecular complexity index is 799. The number of esters is 1. The van der Waals surface area contributed by atoms with E-state index in [2.05, 4.69) is 5.32 Å². The molecule has 1 aromatic carbocycles. The van der Waals surface area contributed by atoms with Gasteiger partial charge in [0.25, 0.3) is 11.7 Å². The Morgan fingerprint density at radius 1 is 1.20 bits per heavy atom. The van der Waals surface area contributed by atoms with Crippen molar-refractivity contribution in [3.05, 3.63) is 41.6 Å². The Morgan fingerprint density at radius 2 is 1.83 bits per heavy atom. The van der Waals surface area contributed by atoms with Crippen LogP contribution in [0.15, 0.2) is 30.5 Å². The number of amides is 1. The highest BCUT2D eigenvalue weighted by Crippen LogP contribution is 2.23. The predicted octanol–water partition coefficient (Wildman–Crippen LogP) is 3.40. The van der Waals surface area contributed by atoms with E-state index in [1.807, 2.05) is 32.0 Å². The number of carbonyl (C=O) groups excluding carboxylic acids is 3. The second kappa shape index (κ2) is 10.3. The minimum Gasteiger partial charge on any atom is -0.454 e. The third-order valence-corrected chi connectivity index (χ3v) is 4.87. The number of allylic oxidation sites excluding steroid dienone is 1. The van der Waals surface area contributed by atoms with Crippen LogP contribution in [0, 0.1) is 0 Å². The lowest BCUT2D eigenvalue weighted by atomic mass is 10.0. The Morgan fingerprint density at radius 3 is 2.40 bits per heavy atom. The summed E-state index contributed by atoms with van der Waals surface area (Å²) in [5, 5.41) is 2.78. The standard InChI is InChI=1S/C21H25F3N2O4/c1-3-14-7-5-8-15(4-2)19(14)25-18(28)13-30-20(29)16-9-6-11-26(16)12-10-17(27)21(22,23)24/h5,7-8,10,12,16H,3-4,6,9,11,13H2,1-2H3,(H,25,28)/b12-10+. The fourth-order valence-electron chi connectivity index (χ4n) is 3.29. The molecule has 1 aromatic rings. The molecule has 9 heteroatoms. The maximum absolute atomic E-state index is 12.3. The molecule has 0 saturated carbocycles. The molecule has 6 nitrogen and oxygen atoms in total. The molecule has 30 heavy (non-hydrogen) atoms. The van der Waals surface area contributed by atoms with E-state index in [1.54, 1.807) is 0 Å². The van der Waals surface area contributed by atoms with Gasteiger partial charge in [0.05, 0.1) is 0 Å². The van der Waals surface area contributed by atoms with Gasteiger partial charge in [-0.15, -0.1) is 0 Å². The van der Waals surface area contributed by atoms with E-state index in [0.717, 1.165) is 30.2 Å². The van der Waals surface area contributed by atoms with E-state index < -0.39 is 36.5 Å². The van der Waals surface area contributed by atoms with Gasteiger partial charge in [0.2, 0.25) is 0 Å². The normalized spacial score (nSPS) is 16.7. The summed E-state index contributed by atoms with van der Waals surface area (Å²) < 4.78 is 42.0. The van der Waals surface area contributed by atoms with Crippen LogP contribution in [0.3, 0.4) is 0 Å². The molecule has 1 aliphatic rings. The van der Waals surface area contributed by atoms with Crippen LogP contribution in [-0.2, 0) is 32.0 Å². The number of hydrogen-bond acceptors (Lipinski definition) is 5. The largest absolute Gasteiger partial charge is 0.454 e. The van der Waals surface area contributed by atoms with Gasteiger partial charge in [0.15, 0.2) is 6.61 Å².